The second kappa shape index (κ2) is 16.4. The van der Waals surface area contributed by atoms with Crippen molar-refractivity contribution in [1.82, 2.24) is 4.31 Å². The van der Waals surface area contributed by atoms with Crippen LogP contribution in [-0.2, 0) is 14.4 Å². The van der Waals surface area contributed by atoms with Gasteiger partial charge >= 0.3 is 0 Å². The van der Waals surface area contributed by atoms with Gasteiger partial charge in [0.2, 0.25) is 10.0 Å². The fourth-order valence-corrected chi connectivity index (χ4v) is 15.7. The average molecular weight is 704 g/mol. The number of aliphatic hydroxyl groups is 1. The Morgan fingerprint density at radius 2 is 1.49 bits per heavy atom. The molecule has 5 nitrogen and oxygen atoms in total. The van der Waals surface area contributed by atoms with Crippen molar-refractivity contribution in [3.05, 3.63) is 90.5 Å². The van der Waals surface area contributed by atoms with Crippen LogP contribution in [-0.4, -0.2) is 50.4 Å². The number of rotatable bonds is 15. The predicted molar refractivity (Wildman–Crippen MR) is 205 cm³/mol. The van der Waals surface area contributed by atoms with E-state index in [-0.39, 0.29) is 23.1 Å². The fourth-order valence-electron chi connectivity index (χ4n) is 9.07. The zero-order valence-corrected chi connectivity index (χ0v) is 32.6. The summed E-state index contributed by atoms with van der Waals surface area (Å²) in [6.07, 6.45) is 12.3. The highest BCUT2D eigenvalue weighted by Gasteiger charge is 2.58. The quantitative estimate of drug-likeness (QED) is 0.127. The number of benzene rings is 3. The van der Waals surface area contributed by atoms with Crippen LogP contribution < -0.4 is 10.4 Å². The molecule has 5 rings (SSSR count). The predicted octanol–water partition coefficient (Wildman–Crippen LogP) is 8.77. The summed E-state index contributed by atoms with van der Waals surface area (Å²) in [6.45, 7) is 11.4. The summed E-state index contributed by atoms with van der Waals surface area (Å²) < 4.78 is 39.4. The van der Waals surface area contributed by atoms with E-state index in [2.05, 4.69) is 88.4 Å². The molecule has 1 aliphatic heterocycles. The van der Waals surface area contributed by atoms with E-state index in [1.807, 2.05) is 23.4 Å². The maximum atomic E-state index is 15.0. The fraction of sp³-hybridized carbons (Fsp3) is 0.571. The summed E-state index contributed by atoms with van der Waals surface area (Å²) in [5, 5.41) is 13.2. The molecule has 1 saturated carbocycles. The van der Waals surface area contributed by atoms with Gasteiger partial charge in [0.15, 0.2) is 0 Å². The molecule has 268 valence electrons. The van der Waals surface area contributed by atoms with Crippen LogP contribution in [0.2, 0.25) is 5.04 Å². The molecule has 7 heteroatoms. The smallest absolute Gasteiger partial charge is 0.261 e. The van der Waals surface area contributed by atoms with Crippen molar-refractivity contribution in [2.45, 2.75) is 146 Å². The second-order valence-corrected chi connectivity index (χ2v) is 22.0. The molecule has 1 N–H and O–H groups in total. The third-order valence-electron chi connectivity index (χ3n) is 11.6. The highest BCUT2D eigenvalue weighted by Crippen LogP contribution is 2.52. The van der Waals surface area contributed by atoms with Gasteiger partial charge in [-0.05, 0) is 85.3 Å². The molecule has 0 bridgehead atoms. The first-order valence-electron chi connectivity index (χ1n) is 19.0. The lowest BCUT2D eigenvalue weighted by Gasteiger charge is -2.49. The Morgan fingerprint density at radius 3 is 2.08 bits per heavy atom. The molecule has 0 unspecified atom stereocenters. The zero-order valence-electron chi connectivity index (χ0n) is 30.7. The van der Waals surface area contributed by atoms with E-state index in [1.165, 1.54) is 23.2 Å². The first-order chi connectivity index (χ1) is 23.5. The highest BCUT2D eigenvalue weighted by molar-refractivity contribution is 7.89. The van der Waals surface area contributed by atoms with E-state index in [1.54, 1.807) is 12.1 Å². The van der Waals surface area contributed by atoms with E-state index < -0.39 is 23.9 Å². The van der Waals surface area contributed by atoms with Gasteiger partial charge in [0.05, 0.1) is 17.6 Å². The van der Waals surface area contributed by atoms with Crippen molar-refractivity contribution in [2.75, 3.05) is 6.61 Å². The Bertz CT molecular complexity index is 1520. The minimum Gasteiger partial charge on any atom is -0.406 e. The minimum absolute atomic E-state index is 0.201. The van der Waals surface area contributed by atoms with Crippen LogP contribution in [0.4, 0.5) is 0 Å². The largest absolute Gasteiger partial charge is 0.406 e. The minimum atomic E-state index is -3.83. The highest BCUT2D eigenvalue weighted by atomic mass is 32.2. The van der Waals surface area contributed by atoms with Crippen LogP contribution in [0.1, 0.15) is 117 Å². The number of sulfonamides is 1. The van der Waals surface area contributed by atoms with Crippen molar-refractivity contribution in [3.8, 4) is 0 Å². The Morgan fingerprint density at radius 1 is 0.857 bits per heavy atom. The number of hydrogen-bond donors (Lipinski definition) is 1. The molecule has 3 aromatic rings. The van der Waals surface area contributed by atoms with Crippen LogP contribution in [0.25, 0.3) is 0 Å². The number of aliphatic hydroxyl groups excluding tert-OH is 1. The molecule has 1 saturated heterocycles. The van der Waals surface area contributed by atoms with Gasteiger partial charge in [-0.25, -0.2) is 8.42 Å². The third-order valence-corrected chi connectivity index (χ3v) is 18.6. The standard InChI is InChI=1S/C42H61NO4SSi/c1-6-7-8-11-19-37(44)27-26-35-18-16-17-31-42(35)32-30-36(43(42)48(45,46)38-28-24-34(2)25-29-38)33-47-49(41(3,4)5,39-20-12-9-13-21-39)40-22-14-10-15-23-40/h9-10,12-15,20-25,28-29,35-37,44H,6-8,11,16-19,26-27,30-33H2,1-5H3/t35-,36-,37+,42-/m0/s1. The van der Waals surface area contributed by atoms with E-state index in [0.29, 0.717) is 11.5 Å². The molecular formula is C42H61NO4SSi. The van der Waals surface area contributed by atoms with Gasteiger partial charge in [0, 0.05) is 11.6 Å². The molecular weight excluding hydrogens is 643 g/mol. The summed E-state index contributed by atoms with van der Waals surface area (Å²) in [5.74, 6) is 0.213. The lowest BCUT2D eigenvalue weighted by atomic mass is 9.69. The monoisotopic (exact) mass is 703 g/mol. The van der Waals surface area contributed by atoms with Gasteiger partial charge in [-0.1, -0.05) is 145 Å². The Labute approximate surface area is 298 Å². The van der Waals surface area contributed by atoms with Gasteiger partial charge < -0.3 is 9.53 Å². The van der Waals surface area contributed by atoms with Crippen LogP contribution >= 0.6 is 0 Å². The lowest BCUT2D eigenvalue weighted by molar-refractivity contribution is 0.0487. The van der Waals surface area contributed by atoms with Gasteiger partial charge in [-0.15, -0.1) is 0 Å². The second-order valence-electron chi connectivity index (χ2n) is 15.9. The van der Waals surface area contributed by atoms with Crippen molar-refractivity contribution in [2.24, 2.45) is 5.92 Å². The van der Waals surface area contributed by atoms with E-state index in [4.69, 9.17) is 4.43 Å². The van der Waals surface area contributed by atoms with Gasteiger partial charge in [-0.3, -0.25) is 0 Å². The molecule has 4 atom stereocenters. The van der Waals surface area contributed by atoms with Crippen molar-refractivity contribution < 1.29 is 18.0 Å². The Balaban J connectivity index is 1.52. The molecule has 1 aliphatic carbocycles. The first kappa shape index (κ1) is 37.9. The van der Waals surface area contributed by atoms with Crippen LogP contribution in [0.5, 0.6) is 0 Å². The summed E-state index contributed by atoms with van der Waals surface area (Å²) in [5.41, 5.74) is 0.578. The molecule has 1 heterocycles. The molecule has 2 aliphatic rings. The third kappa shape index (κ3) is 8.12. The molecule has 0 amide bonds. The maximum Gasteiger partial charge on any atom is 0.261 e. The van der Waals surface area contributed by atoms with Crippen LogP contribution in [0, 0.1) is 12.8 Å². The van der Waals surface area contributed by atoms with Gasteiger partial charge in [0.25, 0.3) is 8.32 Å². The number of aryl methyl sites for hydroxylation is 1. The summed E-state index contributed by atoms with van der Waals surface area (Å²) >= 11 is 0. The molecule has 49 heavy (non-hydrogen) atoms. The van der Waals surface area contributed by atoms with E-state index in [9.17, 15) is 5.11 Å². The van der Waals surface area contributed by atoms with Crippen molar-refractivity contribution in [1.29, 1.82) is 0 Å². The van der Waals surface area contributed by atoms with E-state index in [0.717, 1.165) is 76.2 Å². The number of nitrogens with zero attached hydrogens (tertiary/aromatic N) is 1. The topological polar surface area (TPSA) is 66.8 Å². The molecule has 0 radical (unpaired) electrons. The van der Waals surface area contributed by atoms with Crippen LogP contribution in [0.3, 0.4) is 0 Å². The number of hydrogen-bond acceptors (Lipinski definition) is 4. The normalized spacial score (nSPS) is 22.8. The first-order valence-corrected chi connectivity index (χ1v) is 22.3. The number of unbranched alkanes of at least 4 members (excludes halogenated alkanes) is 3. The van der Waals surface area contributed by atoms with Crippen molar-refractivity contribution >= 4 is 28.7 Å². The summed E-state index contributed by atoms with van der Waals surface area (Å²) in [6, 6.07) is 28.4. The Hall–Kier alpha value is -2.29. The maximum absolute atomic E-state index is 15.0. The lowest BCUT2D eigenvalue weighted by Crippen LogP contribution is -2.67. The molecule has 3 aromatic carbocycles. The Kier molecular flexibility index (Phi) is 12.7. The molecule has 1 spiro atoms. The molecule has 2 fully saturated rings. The summed E-state index contributed by atoms with van der Waals surface area (Å²) in [7, 11) is -6.70. The SMILES string of the molecule is CCCCCC[C@@H](O)CC[C@@H]1CCCC[C@]12CC[C@@H](CO[Si](c1ccccc1)(c1ccccc1)C(C)(C)C)N2S(=O)(=O)c1ccc(C)cc1. The zero-order chi connectivity index (χ0) is 35.1. The van der Waals surface area contributed by atoms with E-state index >= 15 is 8.42 Å². The summed E-state index contributed by atoms with van der Waals surface area (Å²) in [4.78, 5) is 0.370. The van der Waals surface area contributed by atoms with Gasteiger partial charge in [0.1, 0.15) is 0 Å². The van der Waals surface area contributed by atoms with Crippen LogP contribution in [0.15, 0.2) is 89.8 Å². The average Bonchev–Trinajstić information content (AvgIpc) is 3.46. The van der Waals surface area contributed by atoms with Gasteiger partial charge in [-0.2, -0.15) is 4.31 Å². The van der Waals surface area contributed by atoms with Crippen molar-refractivity contribution in [3.63, 3.8) is 0 Å². The molecule has 0 aromatic heterocycles.